The van der Waals surface area contributed by atoms with Crippen molar-refractivity contribution in [3.8, 4) is 0 Å². The monoisotopic (exact) mass is 388 g/mol. The SMILES string of the molecule is CC(C)Nc1c([N+](=O)[O-])cc(C(=O)Nc2cccc(C(=O)O)c2)cc1[N+](=O)[O-]. The molecule has 2 aromatic rings. The van der Waals surface area contributed by atoms with Gasteiger partial charge in [0.2, 0.25) is 0 Å². The lowest BCUT2D eigenvalue weighted by Crippen LogP contribution is -2.16. The number of nitro benzene ring substituents is 2. The topological polar surface area (TPSA) is 165 Å². The molecule has 0 saturated carbocycles. The standard InChI is InChI=1S/C17H16N4O7/c1-9(2)18-15-13(20(25)26)7-11(8-14(15)21(27)28)16(22)19-12-5-3-4-10(6-12)17(23)24/h3-9,18H,1-2H3,(H,19,22)(H,23,24). The van der Waals surface area contributed by atoms with Crippen LogP contribution in [-0.4, -0.2) is 32.9 Å². The van der Waals surface area contributed by atoms with Gasteiger partial charge in [-0.2, -0.15) is 0 Å². The minimum Gasteiger partial charge on any atom is -0.478 e. The molecule has 0 atom stereocenters. The van der Waals surface area contributed by atoms with Gasteiger partial charge in [0.15, 0.2) is 5.69 Å². The first-order valence-corrected chi connectivity index (χ1v) is 7.98. The summed E-state index contributed by atoms with van der Waals surface area (Å²) >= 11 is 0. The van der Waals surface area contributed by atoms with Crippen LogP contribution in [0.4, 0.5) is 22.7 Å². The number of nitrogens with one attached hydrogen (secondary N) is 2. The maximum absolute atomic E-state index is 12.5. The number of carboxylic acids is 1. The number of carboxylic acid groups (broad SMARTS) is 1. The number of carbonyl (C=O) groups excluding carboxylic acids is 1. The summed E-state index contributed by atoms with van der Waals surface area (Å²) in [4.78, 5) is 44.6. The van der Waals surface area contributed by atoms with E-state index in [2.05, 4.69) is 10.6 Å². The summed E-state index contributed by atoms with van der Waals surface area (Å²) < 4.78 is 0. The van der Waals surface area contributed by atoms with Gasteiger partial charge < -0.3 is 15.7 Å². The van der Waals surface area contributed by atoms with Crippen molar-refractivity contribution in [3.63, 3.8) is 0 Å². The van der Waals surface area contributed by atoms with Crippen molar-refractivity contribution >= 4 is 34.6 Å². The van der Waals surface area contributed by atoms with Gasteiger partial charge in [-0.1, -0.05) is 6.07 Å². The Morgan fingerprint density at radius 1 is 1.00 bits per heavy atom. The molecule has 0 fully saturated rings. The zero-order valence-electron chi connectivity index (χ0n) is 14.8. The number of anilines is 2. The van der Waals surface area contributed by atoms with Crippen LogP contribution >= 0.6 is 0 Å². The van der Waals surface area contributed by atoms with E-state index < -0.39 is 33.1 Å². The largest absolute Gasteiger partial charge is 0.478 e. The molecular weight excluding hydrogens is 372 g/mol. The molecule has 0 heterocycles. The van der Waals surface area contributed by atoms with Gasteiger partial charge in [-0.25, -0.2) is 4.79 Å². The predicted molar refractivity (Wildman–Crippen MR) is 99.9 cm³/mol. The van der Waals surface area contributed by atoms with Gasteiger partial charge in [-0.05, 0) is 32.0 Å². The number of nitro groups is 2. The molecule has 11 heteroatoms. The van der Waals surface area contributed by atoms with E-state index in [1.165, 1.54) is 24.3 Å². The fourth-order valence-electron chi connectivity index (χ4n) is 2.40. The van der Waals surface area contributed by atoms with Crippen LogP contribution in [0.15, 0.2) is 36.4 Å². The predicted octanol–water partition coefficient (Wildman–Crippen LogP) is 3.27. The van der Waals surface area contributed by atoms with Crippen molar-refractivity contribution in [3.05, 3.63) is 67.8 Å². The number of benzene rings is 2. The Hall–Kier alpha value is -4.02. The Labute approximate surface area is 158 Å². The van der Waals surface area contributed by atoms with E-state index >= 15 is 0 Å². The molecule has 28 heavy (non-hydrogen) atoms. The second-order valence-corrected chi connectivity index (χ2v) is 6.04. The summed E-state index contributed by atoms with van der Waals surface area (Å²) in [6, 6.07) is 6.86. The molecule has 3 N–H and O–H groups in total. The summed E-state index contributed by atoms with van der Waals surface area (Å²) in [6.45, 7) is 3.31. The molecule has 0 bridgehead atoms. The number of nitrogens with zero attached hydrogens (tertiary/aromatic N) is 2. The highest BCUT2D eigenvalue weighted by Gasteiger charge is 2.29. The average Bonchev–Trinajstić information content (AvgIpc) is 2.60. The van der Waals surface area contributed by atoms with E-state index in [-0.39, 0.29) is 28.5 Å². The number of rotatable bonds is 7. The van der Waals surface area contributed by atoms with Crippen LogP contribution < -0.4 is 10.6 Å². The average molecular weight is 388 g/mol. The summed E-state index contributed by atoms with van der Waals surface area (Å²) in [6.07, 6.45) is 0. The van der Waals surface area contributed by atoms with Crippen molar-refractivity contribution in [1.29, 1.82) is 0 Å². The molecule has 2 aromatic carbocycles. The van der Waals surface area contributed by atoms with Crippen molar-refractivity contribution in [2.24, 2.45) is 0 Å². The molecule has 0 saturated heterocycles. The smallest absolute Gasteiger partial charge is 0.335 e. The van der Waals surface area contributed by atoms with Gasteiger partial charge in [0.25, 0.3) is 17.3 Å². The van der Waals surface area contributed by atoms with E-state index in [1.54, 1.807) is 13.8 Å². The minimum atomic E-state index is -1.20. The van der Waals surface area contributed by atoms with Crippen molar-refractivity contribution in [2.75, 3.05) is 10.6 Å². The van der Waals surface area contributed by atoms with Gasteiger partial charge in [-0.3, -0.25) is 25.0 Å². The number of amides is 1. The Kier molecular flexibility index (Phi) is 5.88. The normalized spacial score (nSPS) is 10.4. The van der Waals surface area contributed by atoms with E-state index in [0.717, 1.165) is 12.1 Å². The third-order valence-electron chi connectivity index (χ3n) is 3.55. The number of hydrogen-bond acceptors (Lipinski definition) is 7. The van der Waals surface area contributed by atoms with Crippen molar-refractivity contribution in [1.82, 2.24) is 0 Å². The van der Waals surface area contributed by atoms with Gasteiger partial charge >= 0.3 is 5.97 Å². The van der Waals surface area contributed by atoms with Crippen LogP contribution in [0.25, 0.3) is 0 Å². The van der Waals surface area contributed by atoms with Crippen LogP contribution in [0.3, 0.4) is 0 Å². The number of hydrogen-bond donors (Lipinski definition) is 3. The highest BCUT2D eigenvalue weighted by atomic mass is 16.6. The zero-order valence-corrected chi connectivity index (χ0v) is 14.8. The molecule has 0 radical (unpaired) electrons. The summed E-state index contributed by atoms with van der Waals surface area (Å²) in [7, 11) is 0. The zero-order chi connectivity index (χ0) is 21.0. The minimum absolute atomic E-state index is 0.0776. The first kappa shape index (κ1) is 20.3. The van der Waals surface area contributed by atoms with E-state index in [0.29, 0.717) is 0 Å². The van der Waals surface area contributed by atoms with Gasteiger partial charge in [0.05, 0.1) is 21.0 Å². The molecule has 11 nitrogen and oxygen atoms in total. The first-order chi connectivity index (χ1) is 13.1. The number of carbonyl (C=O) groups is 2. The van der Waals surface area contributed by atoms with Gasteiger partial charge in [0, 0.05) is 23.9 Å². The highest BCUT2D eigenvalue weighted by Crippen LogP contribution is 2.36. The lowest BCUT2D eigenvalue weighted by atomic mass is 10.1. The molecular formula is C17H16N4O7. The lowest BCUT2D eigenvalue weighted by molar-refractivity contribution is -0.392. The molecule has 0 aliphatic carbocycles. The van der Waals surface area contributed by atoms with Crippen LogP contribution in [0.5, 0.6) is 0 Å². The number of aromatic carboxylic acids is 1. The van der Waals surface area contributed by atoms with Gasteiger partial charge in [0.1, 0.15) is 0 Å². The fourth-order valence-corrected chi connectivity index (χ4v) is 2.40. The summed E-state index contributed by atoms with van der Waals surface area (Å²) in [5.41, 5.74) is -1.80. The molecule has 2 rings (SSSR count). The maximum atomic E-state index is 12.5. The third-order valence-corrected chi connectivity index (χ3v) is 3.55. The van der Waals surface area contributed by atoms with Crippen LogP contribution in [-0.2, 0) is 0 Å². The van der Waals surface area contributed by atoms with Gasteiger partial charge in [-0.15, -0.1) is 0 Å². The first-order valence-electron chi connectivity index (χ1n) is 7.98. The quantitative estimate of drug-likeness (QED) is 0.480. The molecule has 0 aliphatic heterocycles. The van der Waals surface area contributed by atoms with Crippen LogP contribution in [0.1, 0.15) is 34.6 Å². The fraction of sp³-hybridized carbons (Fsp3) is 0.176. The molecule has 1 amide bonds. The summed E-state index contributed by atoms with van der Waals surface area (Å²) in [5, 5.41) is 36.8. The van der Waals surface area contributed by atoms with Crippen LogP contribution in [0.2, 0.25) is 0 Å². The second kappa shape index (κ2) is 8.12. The molecule has 0 unspecified atom stereocenters. The molecule has 146 valence electrons. The highest BCUT2D eigenvalue weighted by molar-refractivity contribution is 6.06. The van der Waals surface area contributed by atoms with E-state index in [1.807, 2.05) is 0 Å². The Morgan fingerprint density at radius 3 is 2.04 bits per heavy atom. The third kappa shape index (κ3) is 4.58. The molecule has 0 aromatic heterocycles. The van der Waals surface area contributed by atoms with Crippen molar-refractivity contribution in [2.45, 2.75) is 19.9 Å². The second-order valence-electron chi connectivity index (χ2n) is 6.04. The van der Waals surface area contributed by atoms with E-state index in [9.17, 15) is 29.8 Å². The Morgan fingerprint density at radius 2 is 1.57 bits per heavy atom. The molecule has 0 aliphatic rings. The van der Waals surface area contributed by atoms with Crippen molar-refractivity contribution < 1.29 is 24.5 Å². The Bertz CT molecular complexity index is 937. The summed E-state index contributed by atoms with van der Waals surface area (Å²) in [5.74, 6) is -2.06. The Balaban J connectivity index is 2.48. The van der Waals surface area contributed by atoms with E-state index in [4.69, 9.17) is 5.11 Å². The lowest BCUT2D eigenvalue weighted by Gasteiger charge is -2.12. The molecule has 0 spiro atoms. The maximum Gasteiger partial charge on any atom is 0.335 e. The van der Waals surface area contributed by atoms with Crippen LogP contribution in [0, 0.1) is 20.2 Å².